The van der Waals surface area contributed by atoms with Crippen LogP contribution in [0.15, 0.2) is 27.6 Å². The van der Waals surface area contributed by atoms with E-state index in [4.69, 9.17) is 11.5 Å². The Kier molecular flexibility index (Phi) is 5.08. The number of sulfonamides is 1. The highest BCUT2D eigenvalue weighted by molar-refractivity contribution is 9.10. The van der Waals surface area contributed by atoms with Crippen LogP contribution in [0.3, 0.4) is 0 Å². The third-order valence-electron chi connectivity index (χ3n) is 2.79. The minimum absolute atomic E-state index is 0.00141. The molecule has 0 fully saturated rings. The van der Waals surface area contributed by atoms with Gasteiger partial charge in [-0.25, -0.2) is 8.42 Å². The van der Waals surface area contributed by atoms with Crippen LogP contribution in [-0.4, -0.2) is 38.3 Å². The summed E-state index contributed by atoms with van der Waals surface area (Å²) < 4.78 is 26.3. The SMILES string of the molecule is CC(CN)N(C)S(=O)(=O)c1cc(Br)cc(C(N)=O)c1. The van der Waals surface area contributed by atoms with Gasteiger partial charge in [0.15, 0.2) is 0 Å². The first kappa shape index (κ1) is 16.1. The second-order valence-corrected chi connectivity index (χ2v) is 7.06. The number of hydrogen-bond acceptors (Lipinski definition) is 4. The number of hydrogen-bond donors (Lipinski definition) is 2. The lowest BCUT2D eigenvalue weighted by atomic mass is 10.2. The minimum Gasteiger partial charge on any atom is -0.366 e. The Morgan fingerprint density at radius 3 is 2.47 bits per heavy atom. The number of benzene rings is 1. The van der Waals surface area contributed by atoms with E-state index in [-0.39, 0.29) is 23.0 Å². The second kappa shape index (κ2) is 6.00. The van der Waals surface area contributed by atoms with E-state index in [1.165, 1.54) is 29.6 Å². The highest BCUT2D eigenvalue weighted by Crippen LogP contribution is 2.22. The van der Waals surface area contributed by atoms with Crippen molar-refractivity contribution in [1.29, 1.82) is 0 Å². The third kappa shape index (κ3) is 3.53. The van der Waals surface area contributed by atoms with Crippen molar-refractivity contribution in [3.63, 3.8) is 0 Å². The van der Waals surface area contributed by atoms with Gasteiger partial charge in [-0.1, -0.05) is 15.9 Å². The van der Waals surface area contributed by atoms with Crippen LogP contribution in [-0.2, 0) is 10.0 Å². The van der Waals surface area contributed by atoms with Crippen LogP contribution in [0.5, 0.6) is 0 Å². The summed E-state index contributed by atoms with van der Waals surface area (Å²) in [4.78, 5) is 11.2. The summed E-state index contributed by atoms with van der Waals surface area (Å²) in [6.45, 7) is 1.90. The zero-order valence-electron chi connectivity index (χ0n) is 10.6. The molecule has 1 unspecified atom stereocenters. The molecule has 0 radical (unpaired) electrons. The third-order valence-corrected chi connectivity index (χ3v) is 5.20. The summed E-state index contributed by atoms with van der Waals surface area (Å²) in [6, 6.07) is 3.79. The molecule has 0 heterocycles. The van der Waals surface area contributed by atoms with E-state index in [1.54, 1.807) is 6.92 Å². The fourth-order valence-electron chi connectivity index (χ4n) is 1.41. The van der Waals surface area contributed by atoms with E-state index in [0.717, 1.165) is 0 Å². The van der Waals surface area contributed by atoms with Crippen LogP contribution < -0.4 is 11.5 Å². The summed E-state index contributed by atoms with van der Waals surface area (Å²) >= 11 is 3.16. The lowest BCUT2D eigenvalue weighted by molar-refractivity contribution is 0.1000. The average Bonchev–Trinajstić information content (AvgIpc) is 2.35. The minimum atomic E-state index is -3.71. The molecule has 0 aliphatic heterocycles. The molecule has 0 saturated heterocycles. The Morgan fingerprint density at radius 2 is 2.00 bits per heavy atom. The largest absolute Gasteiger partial charge is 0.366 e. The molecule has 1 atom stereocenters. The number of halogens is 1. The number of nitrogens with two attached hydrogens (primary N) is 2. The highest BCUT2D eigenvalue weighted by Gasteiger charge is 2.25. The van der Waals surface area contributed by atoms with Crippen molar-refractivity contribution < 1.29 is 13.2 Å². The van der Waals surface area contributed by atoms with Crippen LogP contribution in [0.1, 0.15) is 17.3 Å². The van der Waals surface area contributed by atoms with Gasteiger partial charge in [0.1, 0.15) is 0 Å². The van der Waals surface area contributed by atoms with Crippen LogP contribution >= 0.6 is 15.9 Å². The van der Waals surface area contributed by atoms with Crippen LogP contribution in [0.4, 0.5) is 0 Å². The van der Waals surface area contributed by atoms with Gasteiger partial charge in [0, 0.05) is 29.7 Å². The van der Waals surface area contributed by atoms with E-state index in [9.17, 15) is 13.2 Å². The van der Waals surface area contributed by atoms with E-state index in [2.05, 4.69) is 15.9 Å². The number of primary amides is 1. The zero-order chi connectivity index (χ0) is 14.8. The van der Waals surface area contributed by atoms with E-state index in [0.29, 0.717) is 4.47 Å². The van der Waals surface area contributed by atoms with Gasteiger partial charge >= 0.3 is 0 Å². The highest BCUT2D eigenvalue weighted by atomic mass is 79.9. The number of rotatable bonds is 5. The topological polar surface area (TPSA) is 106 Å². The summed E-state index contributed by atoms with van der Waals surface area (Å²) in [5.41, 5.74) is 10.8. The predicted octanol–water partition coefficient (Wildman–Crippen LogP) is 0.516. The van der Waals surface area contributed by atoms with Crippen LogP contribution in [0.2, 0.25) is 0 Å². The molecule has 0 aliphatic carbocycles. The Bertz CT molecular complexity index is 589. The van der Waals surface area contributed by atoms with Gasteiger partial charge in [0.05, 0.1) is 4.90 Å². The number of carbonyl (C=O) groups is 1. The quantitative estimate of drug-likeness (QED) is 0.807. The molecule has 1 amide bonds. The summed E-state index contributed by atoms with van der Waals surface area (Å²) in [5, 5.41) is 0. The standard InChI is InChI=1S/C11H16BrN3O3S/c1-7(6-13)15(2)19(17,18)10-4-8(11(14)16)3-9(12)5-10/h3-5,7H,6,13H2,1-2H3,(H2,14,16). The molecule has 0 bridgehead atoms. The molecule has 0 aromatic heterocycles. The van der Waals surface area contributed by atoms with Crippen molar-refractivity contribution in [3.8, 4) is 0 Å². The molecular formula is C11H16BrN3O3S. The van der Waals surface area contributed by atoms with Gasteiger partial charge in [-0.05, 0) is 25.1 Å². The first-order chi connectivity index (χ1) is 8.70. The van der Waals surface area contributed by atoms with E-state index in [1.807, 2.05) is 0 Å². The lowest BCUT2D eigenvalue weighted by Gasteiger charge is -2.23. The number of amides is 1. The van der Waals surface area contributed by atoms with Crippen molar-refractivity contribution in [2.45, 2.75) is 17.9 Å². The molecule has 19 heavy (non-hydrogen) atoms. The summed E-state index contributed by atoms with van der Waals surface area (Å²) in [5.74, 6) is -0.688. The van der Waals surface area contributed by atoms with Crippen molar-refractivity contribution in [1.82, 2.24) is 4.31 Å². The molecule has 106 valence electrons. The van der Waals surface area contributed by atoms with Gasteiger partial charge < -0.3 is 11.5 Å². The maximum atomic E-state index is 12.4. The maximum Gasteiger partial charge on any atom is 0.248 e. The monoisotopic (exact) mass is 349 g/mol. The number of carbonyl (C=O) groups excluding carboxylic acids is 1. The maximum absolute atomic E-state index is 12.4. The molecule has 0 saturated carbocycles. The second-order valence-electron chi connectivity index (χ2n) is 4.15. The Hall–Kier alpha value is -0.960. The van der Waals surface area contributed by atoms with Crippen molar-refractivity contribution in [2.75, 3.05) is 13.6 Å². The Morgan fingerprint density at radius 1 is 1.42 bits per heavy atom. The number of likely N-dealkylation sites (N-methyl/N-ethyl adjacent to an activating group) is 1. The molecule has 8 heteroatoms. The van der Waals surface area contributed by atoms with Crippen LogP contribution in [0, 0.1) is 0 Å². The molecule has 0 aliphatic rings. The lowest BCUT2D eigenvalue weighted by Crippen LogP contribution is -2.39. The van der Waals surface area contributed by atoms with Gasteiger partial charge in [-0.15, -0.1) is 0 Å². The summed E-state index contributed by atoms with van der Waals surface area (Å²) in [6.07, 6.45) is 0. The molecule has 0 spiro atoms. The first-order valence-corrected chi connectivity index (χ1v) is 7.72. The average molecular weight is 350 g/mol. The Balaban J connectivity index is 3.33. The van der Waals surface area contributed by atoms with Gasteiger partial charge in [-0.3, -0.25) is 4.79 Å². The normalized spacial score (nSPS) is 13.5. The van der Waals surface area contributed by atoms with E-state index >= 15 is 0 Å². The molecule has 1 rings (SSSR count). The first-order valence-electron chi connectivity index (χ1n) is 5.48. The van der Waals surface area contributed by atoms with Crippen LogP contribution in [0.25, 0.3) is 0 Å². The molecule has 6 nitrogen and oxygen atoms in total. The zero-order valence-corrected chi connectivity index (χ0v) is 13.0. The van der Waals surface area contributed by atoms with Crippen molar-refractivity contribution in [3.05, 3.63) is 28.2 Å². The fourth-order valence-corrected chi connectivity index (χ4v) is 3.49. The van der Waals surface area contributed by atoms with E-state index < -0.39 is 15.9 Å². The number of nitrogens with zero attached hydrogens (tertiary/aromatic N) is 1. The Labute approximate surface area is 120 Å². The molecule has 4 N–H and O–H groups in total. The van der Waals surface area contributed by atoms with Crippen molar-refractivity contribution in [2.24, 2.45) is 11.5 Å². The van der Waals surface area contributed by atoms with Gasteiger partial charge in [0.25, 0.3) is 0 Å². The van der Waals surface area contributed by atoms with Crippen molar-refractivity contribution >= 4 is 31.9 Å². The smallest absolute Gasteiger partial charge is 0.248 e. The molecular weight excluding hydrogens is 334 g/mol. The fraction of sp³-hybridized carbons (Fsp3) is 0.364. The molecule has 1 aromatic rings. The van der Waals surface area contributed by atoms with Gasteiger partial charge in [0.2, 0.25) is 15.9 Å². The van der Waals surface area contributed by atoms with Gasteiger partial charge in [-0.2, -0.15) is 4.31 Å². The predicted molar refractivity (Wildman–Crippen MR) is 76.1 cm³/mol. The summed E-state index contributed by atoms with van der Waals surface area (Å²) in [7, 11) is -2.27. The molecule has 1 aromatic carbocycles.